The maximum Gasteiger partial charge on any atom is 0.243 e. The highest BCUT2D eigenvalue weighted by atomic mass is 35.5. The fourth-order valence-electron chi connectivity index (χ4n) is 3.71. The number of carbonyl (C=O) groups excluding carboxylic acids is 2. The molecule has 190 valence electrons. The fraction of sp³-hybridized carbons (Fsp3) is 0.286. The minimum Gasteiger partial charge on any atom is -0.352 e. The highest BCUT2D eigenvalue weighted by Gasteiger charge is 2.30. The van der Waals surface area contributed by atoms with Gasteiger partial charge in [-0.3, -0.25) is 9.59 Å². The Balaban J connectivity index is 1.86. The molecular formula is C28H29Cl3N2O2S. The lowest BCUT2D eigenvalue weighted by atomic mass is 10.0. The molecule has 0 bridgehead atoms. The van der Waals surface area contributed by atoms with Crippen LogP contribution in [-0.4, -0.2) is 34.6 Å². The van der Waals surface area contributed by atoms with Crippen molar-refractivity contribution >= 4 is 58.4 Å². The molecule has 3 aromatic carbocycles. The molecule has 0 unspecified atom stereocenters. The van der Waals surface area contributed by atoms with Gasteiger partial charge in [0.25, 0.3) is 0 Å². The van der Waals surface area contributed by atoms with Crippen LogP contribution in [0.15, 0.2) is 72.8 Å². The van der Waals surface area contributed by atoms with Crippen molar-refractivity contribution in [2.24, 2.45) is 0 Å². The van der Waals surface area contributed by atoms with Crippen LogP contribution in [0, 0.1) is 0 Å². The highest BCUT2D eigenvalue weighted by Crippen LogP contribution is 2.28. The second-order valence-corrected chi connectivity index (χ2v) is 10.9. The number of rotatable bonds is 11. The van der Waals surface area contributed by atoms with Crippen molar-refractivity contribution in [3.05, 3.63) is 105 Å². The van der Waals surface area contributed by atoms with Gasteiger partial charge in [0.15, 0.2) is 0 Å². The molecule has 0 aliphatic heterocycles. The molecule has 36 heavy (non-hydrogen) atoms. The third kappa shape index (κ3) is 8.45. The van der Waals surface area contributed by atoms with Crippen LogP contribution in [0.1, 0.15) is 30.5 Å². The quantitative estimate of drug-likeness (QED) is 0.272. The minimum atomic E-state index is -0.678. The number of amides is 2. The predicted octanol–water partition coefficient (Wildman–Crippen LogP) is 7.04. The number of carbonyl (C=O) groups is 2. The lowest BCUT2D eigenvalue weighted by Crippen LogP contribution is -2.52. The number of thioether (sulfide) groups is 1. The molecule has 3 rings (SSSR count). The molecule has 4 nitrogen and oxygen atoms in total. The molecule has 3 aromatic rings. The normalized spacial score (nSPS) is 11.8. The summed E-state index contributed by atoms with van der Waals surface area (Å²) in [5, 5.41) is 4.74. The number of nitrogens with one attached hydrogen (secondary N) is 1. The number of halogens is 3. The summed E-state index contributed by atoms with van der Waals surface area (Å²) in [5.41, 5.74) is 2.66. The molecule has 0 radical (unpaired) electrons. The summed E-state index contributed by atoms with van der Waals surface area (Å²) in [7, 11) is 0. The summed E-state index contributed by atoms with van der Waals surface area (Å²) in [6.07, 6.45) is 0.403. The molecule has 0 aromatic heterocycles. The Morgan fingerprint density at radius 3 is 2.11 bits per heavy atom. The number of nitrogens with zero attached hydrogens (tertiary/aromatic N) is 1. The van der Waals surface area contributed by atoms with E-state index in [0.717, 1.165) is 16.7 Å². The molecule has 0 aliphatic carbocycles. The standard InChI is InChI=1S/C28H29Cl3N2O2S/c1-19(2)32-28(35)26(15-20-7-4-3-5-8-20)33(16-21-11-13-22(29)14-12-21)27(34)18-36-17-23-24(30)9-6-10-25(23)31/h3-14,19,26H,15-18H2,1-2H3,(H,32,35)/t26-/m0/s1. The molecule has 8 heteroatoms. The van der Waals surface area contributed by atoms with Crippen molar-refractivity contribution in [2.45, 2.75) is 44.6 Å². The Labute approximate surface area is 232 Å². The zero-order chi connectivity index (χ0) is 26.1. The summed E-state index contributed by atoms with van der Waals surface area (Å²) >= 11 is 20.1. The summed E-state index contributed by atoms with van der Waals surface area (Å²) in [5.74, 6) is 0.337. The number of benzene rings is 3. The fourth-order valence-corrected chi connectivity index (χ4v) is 5.49. The summed E-state index contributed by atoms with van der Waals surface area (Å²) in [4.78, 5) is 28.7. The predicted molar refractivity (Wildman–Crippen MR) is 152 cm³/mol. The first-order valence-electron chi connectivity index (χ1n) is 11.6. The topological polar surface area (TPSA) is 49.4 Å². The number of hydrogen-bond acceptors (Lipinski definition) is 3. The van der Waals surface area contributed by atoms with Crippen LogP contribution in [0.4, 0.5) is 0 Å². The van der Waals surface area contributed by atoms with E-state index in [1.165, 1.54) is 11.8 Å². The van der Waals surface area contributed by atoms with Crippen molar-refractivity contribution in [3.8, 4) is 0 Å². The van der Waals surface area contributed by atoms with Gasteiger partial charge in [0, 0.05) is 39.8 Å². The SMILES string of the molecule is CC(C)NC(=O)[C@H](Cc1ccccc1)N(Cc1ccc(Cl)cc1)C(=O)CSCc1c(Cl)cccc1Cl. The second kappa shape index (κ2) is 13.9. The van der Waals surface area contributed by atoms with E-state index >= 15 is 0 Å². The van der Waals surface area contributed by atoms with E-state index in [0.29, 0.717) is 27.2 Å². The van der Waals surface area contributed by atoms with E-state index in [9.17, 15) is 9.59 Å². The monoisotopic (exact) mass is 562 g/mol. The Morgan fingerprint density at radius 2 is 1.50 bits per heavy atom. The Morgan fingerprint density at radius 1 is 0.861 bits per heavy atom. The molecule has 2 amide bonds. The van der Waals surface area contributed by atoms with Gasteiger partial charge in [0.2, 0.25) is 11.8 Å². The second-order valence-electron chi connectivity index (χ2n) is 8.71. The van der Waals surface area contributed by atoms with Crippen LogP contribution in [0.3, 0.4) is 0 Å². The third-order valence-electron chi connectivity index (χ3n) is 5.50. The van der Waals surface area contributed by atoms with Gasteiger partial charge < -0.3 is 10.2 Å². The van der Waals surface area contributed by atoms with Gasteiger partial charge >= 0.3 is 0 Å². The Bertz CT molecular complexity index is 1140. The molecule has 0 saturated carbocycles. The summed E-state index contributed by atoms with van der Waals surface area (Å²) in [6.45, 7) is 4.10. The van der Waals surface area contributed by atoms with Gasteiger partial charge in [0.05, 0.1) is 5.75 Å². The lowest BCUT2D eigenvalue weighted by Gasteiger charge is -2.32. The molecule has 1 atom stereocenters. The van der Waals surface area contributed by atoms with Gasteiger partial charge in [-0.2, -0.15) is 0 Å². The zero-order valence-corrected chi connectivity index (χ0v) is 23.3. The van der Waals surface area contributed by atoms with Gasteiger partial charge in [-0.1, -0.05) is 83.3 Å². The minimum absolute atomic E-state index is 0.0556. The van der Waals surface area contributed by atoms with Gasteiger partial charge in [0.1, 0.15) is 6.04 Å². The molecule has 0 fully saturated rings. The summed E-state index contributed by atoms with van der Waals surface area (Å²) in [6, 6.07) is 21.7. The van der Waals surface area contributed by atoms with Crippen LogP contribution in [-0.2, 0) is 28.3 Å². The molecule has 0 saturated heterocycles. The first-order chi connectivity index (χ1) is 17.2. The van der Waals surface area contributed by atoms with E-state index in [2.05, 4.69) is 5.32 Å². The maximum atomic E-state index is 13.6. The van der Waals surface area contributed by atoms with E-state index in [1.807, 2.05) is 56.3 Å². The van der Waals surface area contributed by atoms with Crippen molar-refractivity contribution in [2.75, 3.05) is 5.75 Å². The first kappa shape index (κ1) is 28.4. The van der Waals surface area contributed by atoms with Crippen LogP contribution in [0.25, 0.3) is 0 Å². The van der Waals surface area contributed by atoms with Crippen molar-refractivity contribution in [1.82, 2.24) is 10.2 Å². The van der Waals surface area contributed by atoms with Gasteiger partial charge in [-0.05, 0) is 54.8 Å². The van der Waals surface area contributed by atoms with Crippen LogP contribution in [0.5, 0.6) is 0 Å². The molecule has 0 heterocycles. The third-order valence-corrected chi connectivity index (χ3v) is 7.41. The maximum absolute atomic E-state index is 13.6. The van der Waals surface area contributed by atoms with E-state index < -0.39 is 6.04 Å². The van der Waals surface area contributed by atoms with Crippen LogP contribution < -0.4 is 5.32 Å². The van der Waals surface area contributed by atoms with Crippen LogP contribution >= 0.6 is 46.6 Å². The van der Waals surface area contributed by atoms with E-state index in [-0.39, 0.29) is 30.2 Å². The molecule has 0 aliphatic rings. The molecule has 0 spiro atoms. The molecule has 1 N–H and O–H groups in total. The summed E-state index contributed by atoms with van der Waals surface area (Å²) < 4.78 is 0. The highest BCUT2D eigenvalue weighted by molar-refractivity contribution is 7.99. The average Bonchev–Trinajstić information content (AvgIpc) is 2.84. The Hall–Kier alpha value is -2.18. The van der Waals surface area contributed by atoms with Crippen LogP contribution in [0.2, 0.25) is 15.1 Å². The van der Waals surface area contributed by atoms with Gasteiger partial charge in [-0.15, -0.1) is 11.8 Å². The lowest BCUT2D eigenvalue weighted by molar-refractivity contribution is -0.139. The van der Waals surface area contributed by atoms with Crippen molar-refractivity contribution in [3.63, 3.8) is 0 Å². The largest absolute Gasteiger partial charge is 0.352 e. The molecular weight excluding hydrogens is 535 g/mol. The Kier molecular flexibility index (Phi) is 11.0. The smallest absolute Gasteiger partial charge is 0.243 e. The average molecular weight is 564 g/mol. The number of hydrogen-bond donors (Lipinski definition) is 1. The zero-order valence-electron chi connectivity index (χ0n) is 20.2. The van der Waals surface area contributed by atoms with Crippen molar-refractivity contribution in [1.29, 1.82) is 0 Å². The first-order valence-corrected chi connectivity index (χ1v) is 13.9. The van der Waals surface area contributed by atoms with Gasteiger partial charge in [-0.25, -0.2) is 0 Å². The van der Waals surface area contributed by atoms with E-state index in [1.54, 1.807) is 35.2 Å². The van der Waals surface area contributed by atoms with Crippen molar-refractivity contribution < 1.29 is 9.59 Å². The van der Waals surface area contributed by atoms with E-state index in [4.69, 9.17) is 34.8 Å².